The highest BCUT2D eigenvalue weighted by Gasteiger charge is 2.10. The average molecular weight is 261 g/mol. The molecule has 1 N–H and O–H groups in total. The third-order valence-electron chi connectivity index (χ3n) is 3.05. The summed E-state index contributed by atoms with van der Waals surface area (Å²) in [7, 11) is 6.50. The van der Waals surface area contributed by atoms with Gasteiger partial charge in [0, 0.05) is 24.9 Å². The van der Waals surface area contributed by atoms with Gasteiger partial charge in [0.25, 0.3) is 0 Å². The van der Waals surface area contributed by atoms with E-state index in [4.69, 9.17) is 0 Å². The maximum atomic E-state index is 3.52. The van der Waals surface area contributed by atoms with Crippen molar-refractivity contribution in [2.75, 3.05) is 59.3 Å². The zero-order valence-corrected chi connectivity index (χ0v) is 13.1. The van der Waals surface area contributed by atoms with E-state index >= 15 is 0 Å². The van der Waals surface area contributed by atoms with Gasteiger partial charge in [0.05, 0.1) is 0 Å². The van der Waals surface area contributed by atoms with E-state index in [0.717, 1.165) is 25.7 Å². The molecule has 104 valence electrons. The molecule has 4 heteroatoms. The van der Waals surface area contributed by atoms with Crippen molar-refractivity contribution in [1.29, 1.82) is 0 Å². The SMILES string of the molecule is CCC(CSC)N(C)CCNCCCN(C)C. The van der Waals surface area contributed by atoms with Gasteiger partial charge in [-0.05, 0) is 53.3 Å². The average Bonchev–Trinajstić information content (AvgIpc) is 2.29. The summed E-state index contributed by atoms with van der Waals surface area (Å²) in [4.78, 5) is 4.72. The van der Waals surface area contributed by atoms with E-state index in [1.54, 1.807) is 0 Å². The normalized spacial score (nSPS) is 13.6. The quantitative estimate of drug-likeness (QED) is 0.569. The lowest BCUT2D eigenvalue weighted by molar-refractivity contribution is 0.255. The van der Waals surface area contributed by atoms with Gasteiger partial charge in [-0.2, -0.15) is 11.8 Å². The summed E-state index contributed by atoms with van der Waals surface area (Å²) in [6, 6.07) is 0.730. The van der Waals surface area contributed by atoms with Crippen molar-refractivity contribution in [3.63, 3.8) is 0 Å². The van der Waals surface area contributed by atoms with Crippen LogP contribution in [0.3, 0.4) is 0 Å². The molecule has 1 atom stereocenters. The first-order valence-electron chi connectivity index (χ1n) is 6.66. The van der Waals surface area contributed by atoms with Gasteiger partial charge in [-0.15, -0.1) is 0 Å². The van der Waals surface area contributed by atoms with Crippen LogP contribution in [0.25, 0.3) is 0 Å². The lowest BCUT2D eigenvalue weighted by Crippen LogP contribution is -2.38. The molecule has 0 aliphatic heterocycles. The minimum absolute atomic E-state index is 0.730. The molecule has 0 heterocycles. The molecule has 0 fully saturated rings. The Labute approximate surface area is 112 Å². The van der Waals surface area contributed by atoms with Crippen LogP contribution in [0.1, 0.15) is 19.8 Å². The topological polar surface area (TPSA) is 18.5 Å². The summed E-state index contributed by atoms with van der Waals surface area (Å²) in [6.45, 7) is 6.84. The number of thioether (sulfide) groups is 1. The van der Waals surface area contributed by atoms with E-state index in [-0.39, 0.29) is 0 Å². The number of hydrogen-bond donors (Lipinski definition) is 1. The van der Waals surface area contributed by atoms with Crippen LogP contribution >= 0.6 is 11.8 Å². The molecule has 0 aromatic heterocycles. The van der Waals surface area contributed by atoms with Crippen molar-refractivity contribution in [2.45, 2.75) is 25.8 Å². The number of nitrogens with one attached hydrogen (secondary N) is 1. The molecule has 17 heavy (non-hydrogen) atoms. The predicted molar refractivity (Wildman–Crippen MR) is 81.1 cm³/mol. The molecule has 0 spiro atoms. The third-order valence-corrected chi connectivity index (χ3v) is 3.77. The van der Waals surface area contributed by atoms with E-state index < -0.39 is 0 Å². The Kier molecular flexibility index (Phi) is 11.5. The van der Waals surface area contributed by atoms with Crippen molar-refractivity contribution in [3.05, 3.63) is 0 Å². The van der Waals surface area contributed by atoms with Crippen LogP contribution in [0.15, 0.2) is 0 Å². The van der Waals surface area contributed by atoms with Crippen LogP contribution in [-0.2, 0) is 0 Å². The molecule has 0 saturated heterocycles. The van der Waals surface area contributed by atoms with Gasteiger partial charge in [-0.1, -0.05) is 6.92 Å². The third kappa shape index (κ3) is 9.89. The highest BCUT2D eigenvalue weighted by atomic mass is 32.2. The first kappa shape index (κ1) is 17.2. The largest absolute Gasteiger partial charge is 0.315 e. The van der Waals surface area contributed by atoms with Crippen molar-refractivity contribution >= 4 is 11.8 Å². The Morgan fingerprint density at radius 2 is 1.82 bits per heavy atom. The molecule has 0 aromatic rings. The van der Waals surface area contributed by atoms with Crippen molar-refractivity contribution in [2.24, 2.45) is 0 Å². The molecule has 0 radical (unpaired) electrons. The summed E-state index contributed by atoms with van der Waals surface area (Å²) in [6.07, 6.45) is 4.67. The summed E-state index contributed by atoms with van der Waals surface area (Å²) >= 11 is 1.95. The fourth-order valence-electron chi connectivity index (χ4n) is 1.83. The molecular weight excluding hydrogens is 230 g/mol. The zero-order chi connectivity index (χ0) is 13.1. The Hall–Kier alpha value is 0.230. The van der Waals surface area contributed by atoms with Gasteiger partial charge in [-0.25, -0.2) is 0 Å². The molecular formula is C13H31N3S. The second-order valence-electron chi connectivity index (χ2n) is 4.90. The summed E-state index contributed by atoms with van der Waals surface area (Å²) < 4.78 is 0. The van der Waals surface area contributed by atoms with Gasteiger partial charge in [0.15, 0.2) is 0 Å². The second-order valence-corrected chi connectivity index (χ2v) is 5.82. The van der Waals surface area contributed by atoms with Crippen LogP contribution in [0, 0.1) is 0 Å². The minimum Gasteiger partial charge on any atom is -0.315 e. The summed E-state index contributed by atoms with van der Waals surface area (Å²) in [5, 5.41) is 3.52. The van der Waals surface area contributed by atoms with Crippen molar-refractivity contribution < 1.29 is 0 Å². The van der Waals surface area contributed by atoms with E-state index in [9.17, 15) is 0 Å². The molecule has 0 rings (SSSR count). The lowest BCUT2D eigenvalue weighted by Gasteiger charge is -2.26. The Balaban J connectivity index is 3.46. The van der Waals surface area contributed by atoms with Gasteiger partial charge in [0.2, 0.25) is 0 Å². The number of nitrogens with zero attached hydrogens (tertiary/aromatic N) is 2. The fourth-order valence-corrected chi connectivity index (χ4v) is 2.71. The molecule has 0 bridgehead atoms. The highest BCUT2D eigenvalue weighted by Crippen LogP contribution is 2.07. The molecule has 0 aromatic carbocycles. The minimum atomic E-state index is 0.730. The van der Waals surface area contributed by atoms with Gasteiger partial charge < -0.3 is 15.1 Å². The van der Waals surface area contributed by atoms with E-state index in [0.29, 0.717) is 0 Å². The maximum absolute atomic E-state index is 3.52. The van der Waals surface area contributed by atoms with Crippen LogP contribution in [0.2, 0.25) is 0 Å². The Bertz CT molecular complexity index is 165. The van der Waals surface area contributed by atoms with E-state index in [2.05, 4.69) is 49.4 Å². The van der Waals surface area contributed by atoms with Gasteiger partial charge in [0.1, 0.15) is 0 Å². The smallest absolute Gasteiger partial charge is 0.0181 e. The first-order valence-corrected chi connectivity index (χ1v) is 8.05. The fraction of sp³-hybridized carbons (Fsp3) is 1.00. The standard InChI is InChI=1S/C13H31N3S/c1-6-13(12-17-5)16(4)11-9-14-8-7-10-15(2)3/h13-14H,6-12H2,1-5H3. The maximum Gasteiger partial charge on any atom is 0.0181 e. The molecule has 0 saturated carbocycles. The number of likely N-dealkylation sites (N-methyl/N-ethyl adjacent to an activating group) is 1. The first-order chi connectivity index (χ1) is 8.11. The van der Waals surface area contributed by atoms with Crippen LogP contribution in [-0.4, -0.2) is 75.2 Å². The monoisotopic (exact) mass is 261 g/mol. The van der Waals surface area contributed by atoms with Gasteiger partial charge in [-0.3, -0.25) is 0 Å². The molecule has 3 nitrogen and oxygen atoms in total. The summed E-state index contributed by atoms with van der Waals surface area (Å²) in [5.41, 5.74) is 0. The molecule has 0 amide bonds. The van der Waals surface area contributed by atoms with Crippen molar-refractivity contribution in [3.8, 4) is 0 Å². The lowest BCUT2D eigenvalue weighted by atomic mass is 10.2. The Morgan fingerprint density at radius 3 is 2.35 bits per heavy atom. The van der Waals surface area contributed by atoms with E-state index in [1.807, 2.05) is 11.8 Å². The summed E-state index contributed by atoms with van der Waals surface area (Å²) in [5.74, 6) is 1.24. The molecule has 1 unspecified atom stereocenters. The molecule has 0 aliphatic carbocycles. The van der Waals surface area contributed by atoms with Crippen molar-refractivity contribution in [1.82, 2.24) is 15.1 Å². The van der Waals surface area contributed by atoms with E-state index in [1.165, 1.54) is 25.1 Å². The van der Waals surface area contributed by atoms with Gasteiger partial charge >= 0.3 is 0 Å². The van der Waals surface area contributed by atoms with Crippen LogP contribution < -0.4 is 5.32 Å². The van der Waals surface area contributed by atoms with Crippen LogP contribution in [0.4, 0.5) is 0 Å². The number of rotatable bonds is 11. The Morgan fingerprint density at radius 1 is 1.12 bits per heavy atom. The van der Waals surface area contributed by atoms with Crippen LogP contribution in [0.5, 0.6) is 0 Å². The second kappa shape index (κ2) is 11.3. The number of hydrogen-bond acceptors (Lipinski definition) is 4. The predicted octanol–water partition coefficient (Wildman–Crippen LogP) is 1.60. The highest BCUT2D eigenvalue weighted by molar-refractivity contribution is 7.98. The molecule has 0 aliphatic rings. The zero-order valence-electron chi connectivity index (χ0n) is 12.3.